The van der Waals surface area contributed by atoms with Crippen molar-refractivity contribution in [3.8, 4) is 0 Å². The van der Waals surface area contributed by atoms with Gasteiger partial charge in [0, 0.05) is 12.5 Å². The van der Waals surface area contributed by atoms with Crippen LogP contribution in [0.3, 0.4) is 0 Å². The monoisotopic (exact) mass is 273 g/mol. The van der Waals surface area contributed by atoms with Crippen molar-refractivity contribution in [2.75, 3.05) is 13.2 Å². The molecule has 0 saturated carbocycles. The van der Waals surface area contributed by atoms with Gasteiger partial charge in [-0.3, -0.25) is 4.79 Å². The number of nitrogens with one attached hydrogen (secondary N) is 1. The lowest BCUT2D eigenvalue weighted by molar-refractivity contribution is -0.141. The predicted molar refractivity (Wildman–Crippen MR) is 69.0 cm³/mol. The van der Waals surface area contributed by atoms with Gasteiger partial charge < -0.3 is 19.9 Å². The van der Waals surface area contributed by atoms with Crippen LogP contribution < -0.4 is 5.32 Å². The smallest absolute Gasteiger partial charge is 0.408 e. The van der Waals surface area contributed by atoms with Crippen LogP contribution in [-0.2, 0) is 14.3 Å². The quantitative estimate of drug-likeness (QED) is 0.818. The zero-order chi connectivity index (χ0) is 14.7. The van der Waals surface area contributed by atoms with E-state index in [0.29, 0.717) is 19.6 Å². The van der Waals surface area contributed by atoms with E-state index in [1.165, 1.54) is 0 Å². The Balaban J connectivity index is 2.80. The van der Waals surface area contributed by atoms with Crippen LogP contribution in [0.4, 0.5) is 4.79 Å². The van der Waals surface area contributed by atoms with E-state index < -0.39 is 23.2 Å². The summed E-state index contributed by atoms with van der Waals surface area (Å²) in [5, 5.41) is 11.8. The van der Waals surface area contributed by atoms with Crippen molar-refractivity contribution in [2.24, 2.45) is 5.92 Å². The number of hydrogen-bond acceptors (Lipinski definition) is 4. The van der Waals surface area contributed by atoms with Gasteiger partial charge in [0.05, 0.1) is 18.6 Å². The molecule has 1 saturated heterocycles. The minimum atomic E-state index is -0.940. The number of carboxylic acid groups (broad SMARTS) is 1. The van der Waals surface area contributed by atoms with Gasteiger partial charge in [-0.1, -0.05) is 6.92 Å². The van der Waals surface area contributed by atoms with E-state index >= 15 is 0 Å². The fourth-order valence-corrected chi connectivity index (χ4v) is 2.19. The second-order valence-corrected chi connectivity index (χ2v) is 6.08. The molecule has 6 nitrogen and oxygen atoms in total. The highest BCUT2D eigenvalue weighted by Gasteiger charge is 2.43. The summed E-state index contributed by atoms with van der Waals surface area (Å²) in [6.45, 7) is 8.05. The third kappa shape index (κ3) is 4.70. The van der Waals surface area contributed by atoms with Crippen molar-refractivity contribution in [3.05, 3.63) is 0 Å². The van der Waals surface area contributed by atoms with Crippen LogP contribution in [-0.4, -0.2) is 41.5 Å². The molecular weight excluding hydrogens is 250 g/mol. The molecule has 1 aliphatic heterocycles. The van der Waals surface area contributed by atoms with Gasteiger partial charge in [-0.05, 0) is 27.2 Å². The van der Waals surface area contributed by atoms with Crippen molar-refractivity contribution in [3.63, 3.8) is 0 Å². The molecule has 1 aliphatic rings. The zero-order valence-corrected chi connectivity index (χ0v) is 12.0. The fraction of sp³-hybridized carbons (Fsp3) is 0.846. The first kappa shape index (κ1) is 15.8. The zero-order valence-electron chi connectivity index (χ0n) is 12.0. The number of hydrogen-bond donors (Lipinski definition) is 2. The van der Waals surface area contributed by atoms with E-state index in [1.807, 2.05) is 6.92 Å². The molecule has 0 aromatic rings. The van der Waals surface area contributed by atoms with Crippen LogP contribution in [0.5, 0.6) is 0 Å². The Bertz CT molecular complexity index is 349. The Labute approximate surface area is 113 Å². The fourth-order valence-electron chi connectivity index (χ4n) is 2.19. The van der Waals surface area contributed by atoms with Crippen molar-refractivity contribution in [1.82, 2.24) is 5.32 Å². The summed E-state index contributed by atoms with van der Waals surface area (Å²) in [7, 11) is 0. The number of carboxylic acids is 1. The maximum atomic E-state index is 11.9. The van der Waals surface area contributed by atoms with Gasteiger partial charge in [0.25, 0.3) is 0 Å². The molecule has 2 unspecified atom stereocenters. The number of amides is 1. The number of alkyl carbamates (subject to hydrolysis) is 1. The Morgan fingerprint density at radius 1 is 1.47 bits per heavy atom. The lowest BCUT2D eigenvalue weighted by Crippen LogP contribution is -2.58. The van der Waals surface area contributed by atoms with E-state index in [1.54, 1.807) is 20.8 Å². The van der Waals surface area contributed by atoms with Crippen molar-refractivity contribution in [1.29, 1.82) is 0 Å². The highest BCUT2D eigenvalue weighted by Crippen LogP contribution is 2.30. The largest absolute Gasteiger partial charge is 0.481 e. The first-order chi connectivity index (χ1) is 8.65. The standard InChI is InChI=1S/C13H23NO5/c1-9-8-18-6-5-13(9,7-10(15)16)14-11(17)19-12(2,3)4/h9H,5-8H2,1-4H3,(H,14,17)(H,15,16). The van der Waals surface area contributed by atoms with Gasteiger partial charge in [0.15, 0.2) is 0 Å². The van der Waals surface area contributed by atoms with Crippen molar-refractivity contribution in [2.45, 2.75) is 51.7 Å². The summed E-state index contributed by atoms with van der Waals surface area (Å²) < 4.78 is 10.5. The molecule has 2 N–H and O–H groups in total. The third-order valence-electron chi connectivity index (χ3n) is 3.22. The van der Waals surface area contributed by atoms with Gasteiger partial charge in [-0.2, -0.15) is 0 Å². The second kappa shape index (κ2) is 5.77. The number of rotatable bonds is 3. The first-order valence-electron chi connectivity index (χ1n) is 6.45. The first-order valence-corrected chi connectivity index (χ1v) is 6.45. The van der Waals surface area contributed by atoms with Crippen LogP contribution in [0.1, 0.15) is 40.5 Å². The molecule has 6 heteroatoms. The highest BCUT2D eigenvalue weighted by molar-refractivity contribution is 5.73. The van der Waals surface area contributed by atoms with Crippen LogP contribution in [0, 0.1) is 5.92 Å². The van der Waals surface area contributed by atoms with Crippen LogP contribution in [0.2, 0.25) is 0 Å². The summed E-state index contributed by atoms with van der Waals surface area (Å²) in [6, 6.07) is 0. The Kier molecular flexibility index (Phi) is 4.79. The molecule has 1 fully saturated rings. The minimum Gasteiger partial charge on any atom is -0.481 e. The normalized spacial score (nSPS) is 27.7. The van der Waals surface area contributed by atoms with Crippen molar-refractivity contribution >= 4 is 12.1 Å². The minimum absolute atomic E-state index is 0.0788. The summed E-state index contributed by atoms with van der Waals surface area (Å²) in [6.07, 6.45) is -0.237. The molecule has 0 aliphatic carbocycles. The lowest BCUT2D eigenvalue weighted by Gasteiger charge is -2.42. The van der Waals surface area contributed by atoms with Gasteiger partial charge >= 0.3 is 12.1 Å². The maximum absolute atomic E-state index is 11.9. The predicted octanol–water partition coefficient (Wildman–Crippen LogP) is 1.78. The van der Waals surface area contributed by atoms with Crippen LogP contribution >= 0.6 is 0 Å². The molecule has 19 heavy (non-hydrogen) atoms. The summed E-state index contributed by atoms with van der Waals surface area (Å²) in [4.78, 5) is 22.9. The van der Waals surface area contributed by atoms with E-state index in [0.717, 1.165) is 0 Å². The molecule has 2 atom stereocenters. The topological polar surface area (TPSA) is 84.9 Å². The molecule has 1 rings (SSSR count). The van der Waals surface area contributed by atoms with E-state index in [9.17, 15) is 9.59 Å². The summed E-state index contributed by atoms with van der Waals surface area (Å²) in [5.74, 6) is -1.02. The van der Waals surface area contributed by atoms with E-state index in [2.05, 4.69) is 5.32 Å². The van der Waals surface area contributed by atoms with Gasteiger partial charge in [0.2, 0.25) is 0 Å². The number of ether oxygens (including phenoxy) is 2. The SMILES string of the molecule is CC1COCCC1(CC(=O)O)NC(=O)OC(C)(C)C. The highest BCUT2D eigenvalue weighted by atomic mass is 16.6. The van der Waals surface area contributed by atoms with Crippen molar-refractivity contribution < 1.29 is 24.2 Å². The molecular formula is C13H23NO5. The van der Waals surface area contributed by atoms with Gasteiger partial charge in [0.1, 0.15) is 5.60 Å². The molecule has 1 amide bonds. The maximum Gasteiger partial charge on any atom is 0.408 e. The third-order valence-corrected chi connectivity index (χ3v) is 3.22. The average molecular weight is 273 g/mol. The van der Waals surface area contributed by atoms with Crippen LogP contribution in [0.15, 0.2) is 0 Å². The Morgan fingerprint density at radius 2 is 2.11 bits per heavy atom. The Morgan fingerprint density at radius 3 is 2.58 bits per heavy atom. The van der Waals surface area contributed by atoms with Gasteiger partial charge in [-0.25, -0.2) is 4.79 Å². The van der Waals surface area contributed by atoms with Gasteiger partial charge in [-0.15, -0.1) is 0 Å². The second-order valence-electron chi connectivity index (χ2n) is 6.08. The number of aliphatic carboxylic acids is 1. The summed E-state index contributed by atoms with van der Waals surface area (Å²) >= 11 is 0. The molecule has 0 aromatic carbocycles. The molecule has 110 valence electrons. The lowest BCUT2D eigenvalue weighted by atomic mass is 9.78. The summed E-state index contributed by atoms with van der Waals surface area (Å²) in [5.41, 5.74) is -1.41. The van der Waals surface area contributed by atoms with Crippen LogP contribution in [0.25, 0.3) is 0 Å². The molecule has 1 heterocycles. The Hall–Kier alpha value is -1.30. The number of carbonyl (C=O) groups is 2. The molecule has 0 aromatic heterocycles. The molecule has 0 bridgehead atoms. The molecule has 0 spiro atoms. The average Bonchev–Trinajstić information content (AvgIpc) is 2.18. The van der Waals surface area contributed by atoms with E-state index in [4.69, 9.17) is 14.6 Å². The number of carbonyl (C=O) groups excluding carboxylic acids is 1. The molecule has 0 radical (unpaired) electrons. The van der Waals surface area contributed by atoms with E-state index in [-0.39, 0.29) is 12.3 Å².